The molecule has 1 aromatic heterocycles. The first-order valence-electron chi connectivity index (χ1n) is 10.3. The molecule has 1 unspecified atom stereocenters. The lowest BCUT2D eigenvalue weighted by Gasteiger charge is -2.26. The minimum Gasteiger partial charge on any atom is -0.683 e. The molecule has 1 aliphatic heterocycles. The standard InChI is InChI=1S/C23H30N6O/c1-6-29-22(13-21(27-29)16(2)3)23(30)26-19-9-7-8-18(12-19)17(4)24-10-11-25-20-14-28(5)15-20/h7-17H,6H2,1-5H3,(H2-,24,25,26,27,30). The molecule has 2 aromatic rings. The Labute approximate surface area is 178 Å². The lowest BCUT2D eigenvalue weighted by Crippen LogP contribution is -2.21. The van der Waals surface area contributed by atoms with Gasteiger partial charge in [-0.25, -0.2) is 4.58 Å². The number of hydrogen-bond acceptors (Lipinski definition) is 3. The second kappa shape index (κ2) is 9.43. The molecule has 0 saturated heterocycles. The van der Waals surface area contributed by atoms with Crippen LogP contribution in [0.3, 0.4) is 0 Å². The average Bonchev–Trinajstić information content (AvgIpc) is 3.14. The lowest BCUT2D eigenvalue weighted by molar-refractivity contribution is -0.429. The first-order chi connectivity index (χ1) is 14.4. The number of rotatable bonds is 9. The molecule has 1 aliphatic rings. The van der Waals surface area contributed by atoms with E-state index in [2.05, 4.69) is 34.9 Å². The Kier molecular flexibility index (Phi) is 6.72. The fraction of sp³-hybridized carbons (Fsp3) is 0.348. The van der Waals surface area contributed by atoms with Gasteiger partial charge in [-0.1, -0.05) is 44.5 Å². The Morgan fingerprint density at radius 1 is 1.30 bits per heavy atom. The SMILES string of the molecule is CCn1nc(C(C)C)cc1C(=O)Nc1cccc(C(C)[N-]C=CNC2=C[N+](C)=C2)c1. The number of hydrogen-bond donors (Lipinski definition) is 2. The predicted octanol–water partition coefficient (Wildman–Crippen LogP) is 4.34. The van der Waals surface area contributed by atoms with Crippen molar-refractivity contribution in [3.8, 4) is 0 Å². The Bertz CT molecular complexity index is 999. The number of aromatic nitrogens is 2. The molecular formula is C23H30N6O. The molecule has 0 radical (unpaired) electrons. The highest BCUT2D eigenvalue weighted by molar-refractivity contribution is 6.03. The van der Waals surface area contributed by atoms with E-state index in [1.807, 2.05) is 74.4 Å². The summed E-state index contributed by atoms with van der Waals surface area (Å²) in [6.07, 6.45) is 7.56. The number of allylic oxidation sites excluding steroid dienone is 1. The Balaban J connectivity index is 1.61. The molecule has 158 valence electrons. The van der Waals surface area contributed by atoms with E-state index in [-0.39, 0.29) is 17.9 Å². The highest BCUT2D eigenvalue weighted by atomic mass is 16.2. The number of nitrogens with zero attached hydrogens (tertiary/aromatic N) is 4. The molecule has 1 atom stereocenters. The zero-order valence-electron chi connectivity index (χ0n) is 18.3. The zero-order valence-corrected chi connectivity index (χ0v) is 18.3. The second-order valence-corrected chi connectivity index (χ2v) is 7.67. The van der Waals surface area contributed by atoms with E-state index in [1.54, 1.807) is 10.9 Å². The highest BCUT2D eigenvalue weighted by Crippen LogP contribution is 2.25. The molecule has 0 fully saturated rings. The maximum atomic E-state index is 12.8. The number of carbonyl (C=O) groups is 1. The van der Waals surface area contributed by atoms with Crippen LogP contribution in [-0.4, -0.2) is 33.5 Å². The maximum absolute atomic E-state index is 12.8. The topological polar surface area (TPSA) is 76.1 Å². The molecule has 7 nitrogen and oxygen atoms in total. The molecule has 2 heterocycles. The van der Waals surface area contributed by atoms with Crippen molar-refractivity contribution in [3.05, 3.63) is 76.9 Å². The van der Waals surface area contributed by atoms with Crippen LogP contribution in [0, 0.1) is 0 Å². The van der Waals surface area contributed by atoms with Crippen LogP contribution in [0.1, 0.15) is 61.4 Å². The van der Waals surface area contributed by atoms with Crippen LogP contribution in [0.15, 0.2) is 54.6 Å². The summed E-state index contributed by atoms with van der Waals surface area (Å²) in [5.41, 5.74) is 4.32. The monoisotopic (exact) mass is 406 g/mol. The first-order valence-corrected chi connectivity index (χ1v) is 10.3. The highest BCUT2D eigenvalue weighted by Gasteiger charge is 2.16. The molecule has 30 heavy (non-hydrogen) atoms. The third-order valence-electron chi connectivity index (χ3n) is 4.87. The lowest BCUT2D eigenvalue weighted by atomic mass is 10.1. The Hall–Kier alpha value is -3.35. The van der Waals surface area contributed by atoms with Crippen molar-refractivity contribution in [2.24, 2.45) is 0 Å². The minimum atomic E-state index is -0.155. The molecule has 7 heteroatoms. The minimum absolute atomic E-state index is 0.0318. The summed E-state index contributed by atoms with van der Waals surface area (Å²) in [6.45, 7) is 8.80. The van der Waals surface area contributed by atoms with Crippen LogP contribution in [0.4, 0.5) is 5.69 Å². The van der Waals surface area contributed by atoms with Gasteiger partial charge in [-0.2, -0.15) is 11.3 Å². The molecule has 0 spiro atoms. The van der Waals surface area contributed by atoms with Gasteiger partial charge in [0.05, 0.1) is 5.69 Å². The number of nitrogens with one attached hydrogen (secondary N) is 2. The number of aryl methyl sites for hydroxylation is 1. The van der Waals surface area contributed by atoms with Crippen molar-refractivity contribution >= 4 is 17.8 Å². The van der Waals surface area contributed by atoms with Gasteiger partial charge in [0, 0.05) is 12.2 Å². The van der Waals surface area contributed by atoms with Crippen LogP contribution < -0.4 is 10.6 Å². The van der Waals surface area contributed by atoms with Crippen LogP contribution in [-0.2, 0) is 6.54 Å². The van der Waals surface area contributed by atoms with Crippen molar-refractivity contribution in [1.82, 2.24) is 15.1 Å². The van der Waals surface area contributed by atoms with Gasteiger partial charge in [0.25, 0.3) is 5.91 Å². The van der Waals surface area contributed by atoms with Crippen molar-refractivity contribution in [2.75, 3.05) is 12.4 Å². The fourth-order valence-electron chi connectivity index (χ4n) is 3.11. The summed E-state index contributed by atoms with van der Waals surface area (Å²) in [6, 6.07) is 9.62. The first kappa shape index (κ1) is 21.4. The average molecular weight is 407 g/mol. The molecule has 0 aliphatic carbocycles. The van der Waals surface area contributed by atoms with Gasteiger partial charge in [0.15, 0.2) is 18.1 Å². The van der Waals surface area contributed by atoms with Crippen molar-refractivity contribution in [2.45, 2.75) is 46.2 Å². The van der Waals surface area contributed by atoms with E-state index in [0.29, 0.717) is 12.2 Å². The van der Waals surface area contributed by atoms with Gasteiger partial charge in [0.2, 0.25) is 0 Å². The molecule has 1 aromatic carbocycles. The van der Waals surface area contributed by atoms with E-state index in [0.717, 1.165) is 22.6 Å². The third kappa shape index (κ3) is 5.17. The Morgan fingerprint density at radius 3 is 2.73 bits per heavy atom. The zero-order chi connectivity index (χ0) is 21.7. The van der Waals surface area contributed by atoms with E-state index >= 15 is 0 Å². The summed E-state index contributed by atoms with van der Waals surface area (Å²) < 4.78 is 3.73. The predicted molar refractivity (Wildman–Crippen MR) is 121 cm³/mol. The molecule has 0 bridgehead atoms. The maximum Gasteiger partial charge on any atom is 0.273 e. The molecule has 3 rings (SSSR count). The largest absolute Gasteiger partial charge is 0.683 e. The van der Waals surface area contributed by atoms with Crippen LogP contribution in [0.25, 0.3) is 5.32 Å². The molecule has 2 N–H and O–H groups in total. The molecular weight excluding hydrogens is 376 g/mol. The second-order valence-electron chi connectivity index (χ2n) is 7.67. The van der Waals surface area contributed by atoms with Crippen LogP contribution in [0.5, 0.6) is 0 Å². The van der Waals surface area contributed by atoms with Crippen molar-refractivity contribution in [3.63, 3.8) is 0 Å². The normalized spacial score (nSPS) is 14.2. The summed E-state index contributed by atoms with van der Waals surface area (Å²) in [4.78, 5) is 12.8. The van der Waals surface area contributed by atoms with Crippen molar-refractivity contribution in [1.29, 1.82) is 0 Å². The summed E-state index contributed by atoms with van der Waals surface area (Å²) in [7, 11) is 1.98. The summed E-state index contributed by atoms with van der Waals surface area (Å²) in [5.74, 6) is 0.120. The molecule has 1 amide bonds. The van der Waals surface area contributed by atoms with Gasteiger partial charge in [-0.15, -0.1) is 0 Å². The summed E-state index contributed by atoms with van der Waals surface area (Å²) in [5, 5.41) is 15.2. The van der Waals surface area contributed by atoms with E-state index in [9.17, 15) is 4.79 Å². The van der Waals surface area contributed by atoms with Crippen LogP contribution >= 0.6 is 0 Å². The van der Waals surface area contributed by atoms with Gasteiger partial charge >= 0.3 is 0 Å². The smallest absolute Gasteiger partial charge is 0.273 e. The quantitative estimate of drug-likeness (QED) is 0.608. The fourth-order valence-corrected chi connectivity index (χ4v) is 3.11. The van der Waals surface area contributed by atoms with E-state index < -0.39 is 0 Å². The number of amides is 1. The van der Waals surface area contributed by atoms with E-state index in [4.69, 9.17) is 0 Å². The number of benzene rings is 1. The molecule has 0 saturated carbocycles. The van der Waals surface area contributed by atoms with E-state index in [1.165, 1.54) is 0 Å². The van der Waals surface area contributed by atoms with Crippen molar-refractivity contribution < 1.29 is 9.37 Å². The Morgan fingerprint density at radius 2 is 2.07 bits per heavy atom. The third-order valence-corrected chi connectivity index (χ3v) is 4.87. The van der Waals surface area contributed by atoms with Gasteiger partial charge in [0.1, 0.15) is 12.7 Å². The number of anilines is 1. The van der Waals surface area contributed by atoms with Gasteiger partial charge in [-0.3, -0.25) is 9.48 Å². The number of carbonyl (C=O) groups excluding carboxylic acids is 1. The van der Waals surface area contributed by atoms with Crippen LogP contribution in [0.2, 0.25) is 0 Å². The summed E-state index contributed by atoms with van der Waals surface area (Å²) >= 11 is 0. The van der Waals surface area contributed by atoms with Gasteiger partial charge in [-0.05, 0) is 37.2 Å². The van der Waals surface area contributed by atoms with Gasteiger partial charge < -0.3 is 16.0 Å².